The van der Waals surface area contributed by atoms with Crippen LogP contribution in [0.5, 0.6) is 0 Å². The first-order valence-electron chi connectivity index (χ1n) is 5.07. The fourth-order valence-electron chi connectivity index (χ4n) is 2.07. The van der Waals surface area contributed by atoms with Crippen molar-refractivity contribution < 1.29 is 0 Å². The first kappa shape index (κ1) is 8.52. The highest BCUT2D eigenvalue weighted by atomic mass is 15.5. The normalized spacial score (nSPS) is 19.1. The van der Waals surface area contributed by atoms with Gasteiger partial charge >= 0.3 is 0 Å². The Morgan fingerprint density at radius 3 is 3.20 bits per heavy atom. The molecule has 0 saturated carbocycles. The van der Waals surface area contributed by atoms with Gasteiger partial charge in [-0.25, -0.2) is 4.98 Å². The summed E-state index contributed by atoms with van der Waals surface area (Å²) in [5, 5.41) is 11.0. The minimum Gasteiger partial charge on any atom is -0.237 e. The second-order valence-corrected chi connectivity index (χ2v) is 3.94. The lowest BCUT2D eigenvalue weighted by molar-refractivity contribution is 0.744. The second kappa shape index (κ2) is 3.12. The molecule has 0 saturated heterocycles. The van der Waals surface area contributed by atoms with Crippen LogP contribution in [0.4, 0.5) is 0 Å². The number of fused-ring (bicyclic) bond motifs is 1. The Morgan fingerprint density at radius 2 is 2.40 bits per heavy atom. The van der Waals surface area contributed by atoms with Gasteiger partial charge in [0.15, 0.2) is 5.82 Å². The zero-order valence-corrected chi connectivity index (χ0v) is 8.46. The van der Waals surface area contributed by atoms with Crippen molar-refractivity contribution in [3.8, 4) is 5.82 Å². The van der Waals surface area contributed by atoms with Crippen LogP contribution in [0.2, 0.25) is 0 Å². The molecule has 1 unspecified atom stereocenters. The summed E-state index contributed by atoms with van der Waals surface area (Å²) in [6, 6.07) is 2.08. The van der Waals surface area contributed by atoms with E-state index in [0.29, 0.717) is 5.92 Å². The van der Waals surface area contributed by atoms with E-state index in [0.717, 1.165) is 12.2 Å². The summed E-state index contributed by atoms with van der Waals surface area (Å²) in [5.41, 5.74) is 2.75. The molecule has 5 heteroatoms. The van der Waals surface area contributed by atoms with E-state index in [-0.39, 0.29) is 0 Å². The molecule has 76 valence electrons. The number of aryl methyl sites for hydroxylation is 1. The summed E-state index contributed by atoms with van der Waals surface area (Å²) in [7, 11) is 0. The Kier molecular flexibility index (Phi) is 1.77. The molecule has 1 aliphatic carbocycles. The van der Waals surface area contributed by atoms with Crippen molar-refractivity contribution in [2.75, 3.05) is 0 Å². The van der Waals surface area contributed by atoms with Gasteiger partial charge in [0, 0.05) is 6.20 Å². The summed E-state index contributed by atoms with van der Waals surface area (Å²) in [5.74, 6) is 1.43. The fourth-order valence-corrected chi connectivity index (χ4v) is 2.07. The minimum absolute atomic E-state index is 0.635. The Labute approximate surface area is 87.1 Å². The maximum absolute atomic E-state index is 4.36. The van der Waals surface area contributed by atoms with Crippen LogP contribution in [0.1, 0.15) is 30.4 Å². The van der Waals surface area contributed by atoms with E-state index in [2.05, 4.69) is 33.5 Å². The molecule has 2 aromatic heterocycles. The predicted molar refractivity (Wildman–Crippen MR) is 53.7 cm³/mol. The molecule has 5 nitrogen and oxygen atoms in total. The summed E-state index contributed by atoms with van der Waals surface area (Å²) in [6.07, 6.45) is 5.86. The lowest BCUT2D eigenvalue weighted by atomic mass is 10.1. The number of rotatable bonds is 1. The highest BCUT2D eigenvalue weighted by molar-refractivity contribution is 5.38. The fraction of sp³-hybridized carbons (Fsp3) is 0.400. The van der Waals surface area contributed by atoms with Gasteiger partial charge in [0.05, 0.1) is 0 Å². The van der Waals surface area contributed by atoms with Crippen molar-refractivity contribution in [2.45, 2.75) is 25.7 Å². The smallest absolute Gasteiger partial charge is 0.157 e. The van der Waals surface area contributed by atoms with Gasteiger partial charge in [-0.3, -0.25) is 0 Å². The molecule has 1 aliphatic rings. The van der Waals surface area contributed by atoms with Crippen LogP contribution >= 0.6 is 0 Å². The van der Waals surface area contributed by atoms with Crippen LogP contribution in [-0.2, 0) is 6.42 Å². The van der Waals surface area contributed by atoms with E-state index in [1.54, 1.807) is 11.0 Å². The lowest BCUT2D eigenvalue weighted by Crippen LogP contribution is -2.00. The van der Waals surface area contributed by atoms with Crippen LogP contribution in [0.25, 0.3) is 5.82 Å². The van der Waals surface area contributed by atoms with Gasteiger partial charge < -0.3 is 0 Å². The number of tetrazole rings is 1. The van der Waals surface area contributed by atoms with Crippen LogP contribution in [0, 0.1) is 0 Å². The van der Waals surface area contributed by atoms with Crippen LogP contribution in [-0.4, -0.2) is 25.2 Å². The molecule has 0 aromatic carbocycles. The second-order valence-electron chi connectivity index (χ2n) is 3.94. The molecule has 0 spiro atoms. The summed E-state index contributed by atoms with van der Waals surface area (Å²) >= 11 is 0. The first-order valence-corrected chi connectivity index (χ1v) is 5.07. The van der Waals surface area contributed by atoms with Crippen LogP contribution in [0.3, 0.4) is 0 Å². The standard InChI is InChI=1S/C10H11N5/c1-7-2-3-8-4-10(11-5-9(7)8)15-6-12-13-14-15/h4-7H,2-3H2,1H3. The number of hydrogen-bond donors (Lipinski definition) is 0. The van der Waals surface area contributed by atoms with E-state index >= 15 is 0 Å². The molecule has 2 heterocycles. The maximum Gasteiger partial charge on any atom is 0.157 e. The third-order valence-electron chi connectivity index (χ3n) is 2.97. The van der Waals surface area contributed by atoms with E-state index < -0.39 is 0 Å². The monoisotopic (exact) mass is 201 g/mol. The van der Waals surface area contributed by atoms with Gasteiger partial charge in [-0.2, -0.15) is 4.68 Å². The van der Waals surface area contributed by atoms with Gasteiger partial charge in [0.25, 0.3) is 0 Å². The number of nitrogens with zero attached hydrogens (tertiary/aromatic N) is 5. The third-order valence-corrected chi connectivity index (χ3v) is 2.97. The largest absolute Gasteiger partial charge is 0.237 e. The Bertz CT molecular complexity index is 477. The number of hydrogen-bond acceptors (Lipinski definition) is 4. The molecule has 1 atom stereocenters. The van der Waals surface area contributed by atoms with Crippen molar-refractivity contribution in [1.82, 2.24) is 25.2 Å². The molecule has 2 aromatic rings. The zero-order valence-electron chi connectivity index (χ0n) is 8.46. The van der Waals surface area contributed by atoms with Gasteiger partial charge in [-0.05, 0) is 46.4 Å². The molecule has 0 fully saturated rings. The molecular weight excluding hydrogens is 190 g/mol. The van der Waals surface area contributed by atoms with Crippen LogP contribution < -0.4 is 0 Å². The lowest BCUT2D eigenvalue weighted by Gasteiger charge is -2.04. The van der Waals surface area contributed by atoms with Gasteiger partial charge in [0.1, 0.15) is 6.33 Å². The summed E-state index contributed by atoms with van der Waals surface area (Å²) in [6.45, 7) is 2.24. The number of pyridine rings is 1. The minimum atomic E-state index is 0.635. The summed E-state index contributed by atoms with van der Waals surface area (Å²) in [4.78, 5) is 4.36. The third kappa shape index (κ3) is 1.31. The van der Waals surface area contributed by atoms with E-state index in [9.17, 15) is 0 Å². The quantitative estimate of drug-likeness (QED) is 0.693. The molecule has 0 bridgehead atoms. The molecule has 15 heavy (non-hydrogen) atoms. The van der Waals surface area contributed by atoms with Gasteiger partial charge in [-0.1, -0.05) is 6.92 Å². The maximum atomic E-state index is 4.36. The first-order chi connectivity index (χ1) is 7.34. The highest BCUT2D eigenvalue weighted by Crippen LogP contribution is 2.32. The number of aromatic nitrogens is 5. The van der Waals surface area contributed by atoms with Crippen molar-refractivity contribution in [2.24, 2.45) is 0 Å². The van der Waals surface area contributed by atoms with E-state index in [1.165, 1.54) is 17.5 Å². The van der Waals surface area contributed by atoms with Gasteiger partial charge in [-0.15, -0.1) is 5.10 Å². The summed E-state index contributed by atoms with van der Waals surface area (Å²) < 4.78 is 1.59. The van der Waals surface area contributed by atoms with E-state index in [4.69, 9.17) is 0 Å². The van der Waals surface area contributed by atoms with Crippen molar-refractivity contribution >= 4 is 0 Å². The topological polar surface area (TPSA) is 56.5 Å². The molecule has 3 rings (SSSR count). The zero-order chi connectivity index (χ0) is 10.3. The van der Waals surface area contributed by atoms with Crippen molar-refractivity contribution in [1.29, 1.82) is 0 Å². The molecule has 0 radical (unpaired) electrons. The molecule has 0 aliphatic heterocycles. The highest BCUT2D eigenvalue weighted by Gasteiger charge is 2.19. The Hall–Kier alpha value is -1.78. The average Bonchev–Trinajstić information content (AvgIpc) is 2.88. The molecular formula is C10H11N5. The molecule has 0 amide bonds. The van der Waals surface area contributed by atoms with E-state index in [1.807, 2.05) is 6.20 Å². The van der Waals surface area contributed by atoms with Crippen molar-refractivity contribution in [3.63, 3.8) is 0 Å². The average molecular weight is 201 g/mol. The SMILES string of the molecule is CC1CCc2cc(-n3cnnn3)ncc21. The predicted octanol–water partition coefficient (Wildman–Crippen LogP) is 1.11. The van der Waals surface area contributed by atoms with Gasteiger partial charge in [0.2, 0.25) is 0 Å². The molecule has 0 N–H and O–H groups in total. The Balaban J connectivity index is 2.07. The van der Waals surface area contributed by atoms with Crippen molar-refractivity contribution in [3.05, 3.63) is 29.7 Å². The van der Waals surface area contributed by atoms with Crippen LogP contribution in [0.15, 0.2) is 18.6 Å². The Morgan fingerprint density at radius 1 is 1.47 bits per heavy atom.